The molecule has 0 aliphatic carbocycles. The number of carbonyl (C=O) groups excluding carboxylic acids is 1. The molecule has 3 nitrogen and oxygen atoms in total. The molecule has 0 aliphatic rings. The lowest BCUT2D eigenvalue weighted by molar-refractivity contribution is 0.108. The highest BCUT2D eigenvalue weighted by molar-refractivity contribution is 6.68. The number of aromatic nitrogens is 1. The van der Waals surface area contributed by atoms with Crippen molar-refractivity contribution in [2.75, 3.05) is 0 Å². The van der Waals surface area contributed by atoms with Crippen LogP contribution in [0.5, 0.6) is 0 Å². The third kappa shape index (κ3) is 2.18. The molecular formula is C11H6Cl3NO2. The molecule has 17 heavy (non-hydrogen) atoms. The molecule has 0 saturated carbocycles. The molecule has 0 atom stereocenters. The van der Waals surface area contributed by atoms with Crippen molar-refractivity contribution in [1.82, 2.24) is 5.16 Å². The molecule has 6 heteroatoms. The Bertz CT molecular complexity index is 572. The minimum absolute atomic E-state index is 0.182. The zero-order chi connectivity index (χ0) is 12.6. The molecule has 2 aromatic rings. The number of rotatable bonds is 2. The first-order chi connectivity index (χ1) is 8.02. The minimum atomic E-state index is -0.658. The lowest BCUT2D eigenvalue weighted by Gasteiger charge is -2.03. The van der Waals surface area contributed by atoms with E-state index in [1.807, 2.05) is 0 Å². The summed E-state index contributed by atoms with van der Waals surface area (Å²) in [6, 6.07) is 4.99. The van der Waals surface area contributed by atoms with E-state index in [4.69, 9.17) is 39.3 Å². The summed E-state index contributed by atoms with van der Waals surface area (Å²) in [4.78, 5) is 11.3. The van der Waals surface area contributed by atoms with Crippen LogP contribution >= 0.6 is 34.8 Å². The Balaban J connectivity index is 2.73. The Kier molecular flexibility index (Phi) is 3.43. The number of hydrogen-bond acceptors (Lipinski definition) is 3. The fourth-order valence-corrected chi connectivity index (χ4v) is 2.30. The van der Waals surface area contributed by atoms with Crippen LogP contribution in [0.4, 0.5) is 0 Å². The fraction of sp³-hybridized carbons (Fsp3) is 0.0909. The monoisotopic (exact) mass is 289 g/mol. The second kappa shape index (κ2) is 4.69. The maximum Gasteiger partial charge on any atom is 0.258 e. The number of halogens is 3. The minimum Gasteiger partial charge on any atom is -0.360 e. The summed E-state index contributed by atoms with van der Waals surface area (Å²) in [7, 11) is 0. The van der Waals surface area contributed by atoms with Gasteiger partial charge < -0.3 is 4.52 Å². The molecule has 2 rings (SSSR count). The topological polar surface area (TPSA) is 43.1 Å². The largest absolute Gasteiger partial charge is 0.360 e. The van der Waals surface area contributed by atoms with Crippen molar-refractivity contribution >= 4 is 40.0 Å². The lowest BCUT2D eigenvalue weighted by Crippen LogP contribution is -1.94. The van der Waals surface area contributed by atoms with Gasteiger partial charge in [-0.2, -0.15) is 0 Å². The van der Waals surface area contributed by atoms with E-state index in [0.717, 1.165) is 0 Å². The van der Waals surface area contributed by atoms with Gasteiger partial charge in [0.2, 0.25) is 0 Å². The lowest BCUT2D eigenvalue weighted by atomic mass is 10.1. The van der Waals surface area contributed by atoms with Crippen LogP contribution in [0.2, 0.25) is 10.0 Å². The number of hydrogen-bond donors (Lipinski definition) is 0. The van der Waals surface area contributed by atoms with Gasteiger partial charge in [0.15, 0.2) is 0 Å². The van der Waals surface area contributed by atoms with Crippen molar-refractivity contribution in [3.63, 3.8) is 0 Å². The van der Waals surface area contributed by atoms with Gasteiger partial charge >= 0.3 is 0 Å². The van der Waals surface area contributed by atoms with Gasteiger partial charge in [-0.15, -0.1) is 0 Å². The first-order valence-corrected chi connectivity index (χ1v) is 5.76. The first-order valence-electron chi connectivity index (χ1n) is 4.63. The van der Waals surface area contributed by atoms with Gasteiger partial charge in [0.25, 0.3) is 5.24 Å². The predicted octanol–water partition coefficient (Wildman–Crippen LogP) is 4.34. The van der Waals surface area contributed by atoms with E-state index in [0.29, 0.717) is 21.4 Å². The Morgan fingerprint density at radius 2 is 1.88 bits per heavy atom. The maximum absolute atomic E-state index is 11.3. The van der Waals surface area contributed by atoms with Gasteiger partial charge in [0.1, 0.15) is 17.0 Å². The molecule has 1 heterocycles. The average Bonchev–Trinajstić information content (AvgIpc) is 2.60. The van der Waals surface area contributed by atoms with E-state index in [1.165, 1.54) is 0 Å². The molecule has 0 N–H and O–H groups in total. The number of carbonyl (C=O) groups is 1. The number of aryl methyl sites for hydroxylation is 1. The third-order valence-corrected chi connectivity index (χ3v) is 3.08. The van der Waals surface area contributed by atoms with Gasteiger partial charge in [-0.05, 0) is 30.7 Å². The fourth-order valence-electron chi connectivity index (χ4n) is 1.50. The molecule has 0 spiro atoms. The van der Waals surface area contributed by atoms with Crippen LogP contribution < -0.4 is 0 Å². The van der Waals surface area contributed by atoms with E-state index < -0.39 is 5.24 Å². The smallest absolute Gasteiger partial charge is 0.258 e. The molecule has 0 unspecified atom stereocenters. The van der Waals surface area contributed by atoms with E-state index in [-0.39, 0.29) is 11.3 Å². The van der Waals surface area contributed by atoms with Crippen LogP contribution in [-0.2, 0) is 0 Å². The summed E-state index contributed by atoms with van der Waals surface area (Å²) in [6.45, 7) is 1.59. The molecule has 0 saturated heterocycles. The Hall–Kier alpha value is -1.03. The number of nitrogens with zero attached hydrogens (tertiary/aromatic N) is 1. The molecule has 0 aliphatic heterocycles. The normalized spacial score (nSPS) is 10.6. The summed E-state index contributed by atoms with van der Waals surface area (Å²) >= 11 is 17.5. The molecule has 0 amide bonds. The molecule has 0 fully saturated rings. The molecule has 1 aromatic heterocycles. The van der Waals surface area contributed by atoms with E-state index in [1.54, 1.807) is 25.1 Å². The zero-order valence-electron chi connectivity index (χ0n) is 8.63. The van der Waals surface area contributed by atoms with Gasteiger partial charge in [0, 0.05) is 5.56 Å². The molecular weight excluding hydrogens is 284 g/mol. The first kappa shape index (κ1) is 12.4. The summed E-state index contributed by atoms with van der Waals surface area (Å²) in [5, 5.41) is 3.88. The summed E-state index contributed by atoms with van der Waals surface area (Å²) < 4.78 is 4.95. The third-order valence-electron chi connectivity index (χ3n) is 2.26. The van der Waals surface area contributed by atoms with Crippen molar-refractivity contribution < 1.29 is 9.32 Å². The second-order valence-electron chi connectivity index (χ2n) is 3.33. The Morgan fingerprint density at radius 1 is 1.29 bits per heavy atom. The summed E-state index contributed by atoms with van der Waals surface area (Å²) in [5.74, 6) is 0.330. The van der Waals surface area contributed by atoms with Gasteiger partial charge in [-0.3, -0.25) is 4.79 Å². The Morgan fingerprint density at radius 3 is 2.41 bits per heavy atom. The highest BCUT2D eigenvalue weighted by atomic mass is 35.5. The van der Waals surface area contributed by atoms with Crippen LogP contribution in [0, 0.1) is 6.92 Å². The van der Waals surface area contributed by atoms with Crippen LogP contribution in [0.1, 0.15) is 16.1 Å². The second-order valence-corrected chi connectivity index (χ2v) is 4.49. The molecule has 88 valence electrons. The van der Waals surface area contributed by atoms with Crippen molar-refractivity contribution in [2.45, 2.75) is 6.92 Å². The van der Waals surface area contributed by atoms with E-state index >= 15 is 0 Å². The van der Waals surface area contributed by atoms with Crippen LogP contribution in [0.25, 0.3) is 11.3 Å². The van der Waals surface area contributed by atoms with Crippen LogP contribution in [0.3, 0.4) is 0 Å². The predicted molar refractivity (Wildman–Crippen MR) is 66.9 cm³/mol. The van der Waals surface area contributed by atoms with Gasteiger partial charge in [-0.25, -0.2) is 0 Å². The molecule has 0 radical (unpaired) electrons. The van der Waals surface area contributed by atoms with Crippen molar-refractivity contribution in [3.8, 4) is 11.3 Å². The molecule has 1 aromatic carbocycles. The highest BCUT2D eigenvalue weighted by Gasteiger charge is 2.23. The van der Waals surface area contributed by atoms with E-state index in [9.17, 15) is 4.79 Å². The van der Waals surface area contributed by atoms with Gasteiger partial charge in [0.05, 0.1) is 10.0 Å². The van der Waals surface area contributed by atoms with Crippen LogP contribution in [-0.4, -0.2) is 10.4 Å². The number of benzene rings is 1. The standard InChI is InChI=1S/C11H6Cl3NO2/c1-5-8(11(14)16)10(15-17-5)9-6(12)3-2-4-7(9)13/h2-4H,1H3. The van der Waals surface area contributed by atoms with Gasteiger partial charge in [-0.1, -0.05) is 34.4 Å². The average molecular weight is 291 g/mol. The van der Waals surface area contributed by atoms with Crippen molar-refractivity contribution in [1.29, 1.82) is 0 Å². The van der Waals surface area contributed by atoms with Crippen molar-refractivity contribution in [2.24, 2.45) is 0 Å². The van der Waals surface area contributed by atoms with E-state index in [2.05, 4.69) is 5.16 Å². The zero-order valence-corrected chi connectivity index (χ0v) is 10.9. The SMILES string of the molecule is Cc1onc(-c2c(Cl)cccc2Cl)c1C(=O)Cl. The highest BCUT2D eigenvalue weighted by Crippen LogP contribution is 2.37. The maximum atomic E-state index is 11.3. The van der Waals surface area contributed by atoms with Crippen molar-refractivity contribution in [3.05, 3.63) is 39.6 Å². The summed E-state index contributed by atoms with van der Waals surface area (Å²) in [6.07, 6.45) is 0. The summed E-state index contributed by atoms with van der Waals surface area (Å²) in [5.41, 5.74) is 0.886. The molecule has 0 bridgehead atoms. The quantitative estimate of drug-likeness (QED) is 0.773. The van der Waals surface area contributed by atoms with Crippen LogP contribution in [0.15, 0.2) is 22.7 Å². The Labute approximate surface area is 112 Å².